The van der Waals surface area contributed by atoms with Crippen LogP contribution in [-0.4, -0.2) is 34.6 Å². The Morgan fingerprint density at radius 3 is 2.84 bits per heavy atom. The largest absolute Gasteiger partial charge is 0.469 e. The van der Waals surface area contributed by atoms with Crippen LogP contribution in [0.15, 0.2) is 59.1 Å². The van der Waals surface area contributed by atoms with Crippen LogP contribution in [0.2, 0.25) is 5.02 Å². The molecule has 6 nitrogen and oxygen atoms in total. The van der Waals surface area contributed by atoms with Crippen molar-refractivity contribution in [3.63, 3.8) is 0 Å². The van der Waals surface area contributed by atoms with E-state index in [-0.39, 0.29) is 24.5 Å². The molecule has 1 fully saturated rings. The van der Waals surface area contributed by atoms with E-state index in [1.807, 2.05) is 60.4 Å². The molecule has 0 unspecified atom stereocenters. The van der Waals surface area contributed by atoms with Crippen molar-refractivity contribution in [1.82, 2.24) is 15.2 Å². The first kappa shape index (κ1) is 21.3. The topological polar surface area (TPSA) is 67.6 Å². The van der Waals surface area contributed by atoms with Gasteiger partial charge in [0, 0.05) is 23.3 Å². The van der Waals surface area contributed by atoms with Crippen LogP contribution in [0.1, 0.15) is 35.5 Å². The third-order valence-electron chi connectivity index (χ3n) is 5.43. The van der Waals surface area contributed by atoms with Crippen molar-refractivity contribution in [3.05, 3.63) is 76.8 Å². The van der Waals surface area contributed by atoms with Gasteiger partial charge in [-0.3, -0.25) is 9.78 Å². The number of aromatic nitrogens is 1. The molecule has 1 aliphatic heterocycles. The van der Waals surface area contributed by atoms with E-state index >= 15 is 0 Å². The van der Waals surface area contributed by atoms with Crippen molar-refractivity contribution >= 4 is 34.9 Å². The molecule has 1 N–H and O–H groups in total. The molecule has 0 spiro atoms. The molecule has 0 amide bonds. The van der Waals surface area contributed by atoms with E-state index in [9.17, 15) is 4.79 Å². The summed E-state index contributed by atoms with van der Waals surface area (Å²) in [5.41, 5.74) is 2.73. The minimum atomic E-state index is -0.294. The summed E-state index contributed by atoms with van der Waals surface area (Å²) in [5, 5.41) is 4.57. The number of hydrogen-bond donors (Lipinski definition) is 1. The highest BCUT2D eigenvalue weighted by Crippen LogP contribution is 2.41. The number of hydrogen-bond acceptors (Lipinski definition) is 5. The lowest BCUT2D eigenvalue weighted by Gasteiger charge is -2.25. The summed E-state index contributed by atoms with van der Waals surface area (Å²) in [6.45, 7) is 2.37. The zero-order chi connectivity index (χ0) is 22.0. The number of nitrogens with zero attached hydrogens (tertiary/aromatic N) is 2. The maximum atomic E-state index is 11.8. The van der Waals surface area contributed by atoms with E-state index in [0.717, 1.165) is 28.3 Å². The van der Waals surface area contributed by atoms with Crippen LogP contribution < -0.4 is 5.32 Å². The third-order valence-corrected chi connectivity index (χ3v) is 6.20. The zero-order valence-electron chi connectivity index (χ0n) is 17.2. The molecule has 1 saturated heterocycles. The Hall–Kier alpha value is -2.90. The van der Waals surface area contributed by atoms with Gasteiger partial charge in [-0.15, -0.1) is 0 Å². The molecule has 0 bridgehead atoms. The van der Waals surface area contributed by atoms with Gasteiger partial charge >= 0.3 is 5.97 Å². The van der Waals surface area contributed by atoms with Gasteiger partial charge in [0.1, 0.15) is 17.6 Å². The molecule has 4 rings (SSSR count). The molecule has 1 aromatic carbocycles. The van der Waals surface area contributed by atoms with Crippen LogP contribution in [0, 0.1) is 6.92 Å². The van der Waals surface area contributed by atoms with E-state index in [1.165, 1.54) is 7.11 Å². The normalized spacial score (nSPS) is 18.2. The van der Waals surface area contributed by atoms with E-state index in [4.69, 9.17) is 33.0 Å². The summed E-state index contributed by atoms with van der Waals surface area (Å²) < 4.78 is 11.1. The second-order valence-electron chi connectivity index (χ2n) is 7.26. The Morgan fingerprint density at radius 1 is 1.26 bits per heavy atom. The van der Waals surface area contributed by atoms with Crippen LogP contribution in [0.4, 0.5) is 0 Å². The fourth-order valence-electron chi connectivity index (χ4n) is 3.80. The van der Waals surface area contributed by atoms with Gasteiger partial charge in [0.2, 0.25) is 0 Å². The van der Waals surface area contributed by atoms with E-state index in [0.29, 0.717) is 16.7 Å². The summed E-state index contributed by atoms with van der Waals surface area (Å²) in [6.07, 6.45) is 1.96. The highest BCUT2D eigenvalue weighted by molar-refractivity contribution is 7.80. The van der Waals surface area contributed by atoms with Crippen molar-refractivity contribution < 1.29 is 13.9 Å². The fourth-order valence-corrected chi connectivity index (χ4v) is 4.31. The van der Waals surface area contributed by atoms with Crippen LogP contribution in [0.25, 0.3) is 11.3 Å². The molecule has 0 aliphatic carbocycles. The van der Waals surface area contributed by atoms with Gasteiger partial charge in [-0.1, -0.05) is 29.8 Å². The van der Waals surface area contributed by atoms with E-state index in [1.54, 1.807) is 6.20 Å². The Bertz CT molecular complexity index is 1100. The molecule has 8 heteroatoms. The molecular weight excluding hydrogens is 434 g/mol. The smallest absolute Gasteiger partial charge is 0.307 e. The predicted octanol–water partition coefficient (Wildman–Crippen LogP) is 4.84. The molecule has 2 atom stereocenters. The first-order valence-corrected chi connectivity index (χ1v) is 10.7. The average molecular weight is 456 g/mol. The molecule has 0 saturated carbocycles. The van der Waals surface area contributed by atoms with Gasteiger partial charge < -0.3 is 19.4 Å². The molecule has 160 valence electrons. The summed E-state index contributed by atoms with van der Waals surface area (Å²) in [5.74, 6) is 1.15. The van der Waals surface area contributed by atoms with Crippen molar-refractivity contribution in [2.75, 3.05) is 13.7 Å². The monoisotopic (exact) mass is 455 g/mol. The average Bonchev–Trinajstić information content (AvgIpc) is 3.39. The minimum Gasteiger partial charge on any atom is -0.469 e. The highest BCUT2D eigenvalue weighted by atomic mass is 35.5. The lowest BCUT2D eigenvalue weighted by Crippen LogP contribution is -2.31. The quantitative estimate of drug-likeness (QED) is 0.421. The van der Waals surface area contributed by atoms with Gasteiger partial charge in [-0.25, -0.2) is 0 Å². The predicted molar refractivity (Wildman–Crippen MR) is 123 cm³/mol. The number of carbonyl (C=O) groups excluding carboxylic acids is 1. The fraction of sp³-hybridized carbons (Fsp3) is 0.261. The van der Waals surface area contributed by atoms with Crippen LogP contribution >= 0.6 is 23.8 Å². The van der Waals surface area contributed by atoms with Crippen LogP contribution in [-0.2, 0) is 9.53 Å². The number of ether oxygens (including phenoxy) is 1. The lowest BCUT2D eigenvalue weighted by molar-refractivity contribution is -0.140. The zero-order valence-corrected chi connectivity index (χ0v) is 18.7. The first-order chi connectivity index (χ1) is 15.0. The lowest BCUT2D eigenvalue weighted by atomic mass is 10.0. The maximum absolute atomic E-state index is 11.8. The third kappa shape index (κ3) is 4.29. The van der Waals surface area contributed by atoms with Gasteiger partial charge in [0.15, 0.2) is 5.11 Å². The Kier molecular flexibility index (Phi) is 6.25. The van der Waals surface area contributed by atoms with Gasteiger partial charge in [0.05, 0.1) is 25.3 Å². The highest BCUT2D eigenvalue weighted by Gasteiger charge is 2.41. The maximum Gasteiger partial charge on any atom is 0.307 e. The van der Waals surface area contributed by atoms with E-state index in [2.05, 4.69) is 10.3 Å². The van der Waals surface area contributed by atoms with Crippen molar-refractivity contribution in [2.24, 2.45) is 0 Å². The molecule has 3 aromatic rings. The second kappa shape index (κ2) is 9.08. The summed E-state index contributed by atoms with van der Waals surface area (Å²) in [7, 11) is 1.38. The van der Waals surface area contributed by atoms with Crippen LogP contribution in [0.3, 0.4) is 0 Å². The summed E-state index contributed by atoms with van der Waals surface area (Å²) in [6, 6.07) is 14.9. The number of rotatable bonds is 6. The summed E-state index contributed by atoms with van der Waals surface area (Å²) >= 11 is 11.9. The number of carbonyl (C=O) groups is 1. The Balaban J connectivity index is 1.71. The number of thiocarbonyl (C=S) groups is 1. The van der Waals surface area contributed by atoms with Crippen LogP contribution in [0.5, 0.6) is 0 Å². The number of methoxy groups -OCH3 is 1. The molecule has 1 aliphatic rings. The van der Waals surface area contributed by atoms with Gasteiger partial charge in [-0.2, -0.15) is 0 Å². The molecule has 2 aromatic heterocycles. The van der Waals surface area contributed by atoms with Gasteiger partial charge in [-0.05, 0) is 55.0 Å². The summed E-state index contributed by atoms with van der Waals surface area (Å²) in [4.78, 5) is 18.2. The SMILES string of the molecule is COC(=O)CCN1C(=S)N[C@@H](c2ccccn2)[C@@H]1c1ccc(-c2cccc(Cl)c2C)o1. The van der Waals surface area contributed by atoms with E-state index < -0.39 is 0 Å². The number of nitrogens with one attached hydrogen (secondary N) is 1. The standard InChI is InChI=1S/C23H22ClN3O3S/c1-14-15(6-5-7-16(14)24)18-9-10-19(30-18)22-21(17-8-3-4-12-25-17)26-23(31)27(22)13-11-20(28)29-2/h3-10,12,21-22H,11,13H2,1-2H3,(H,26,31)/t21-,22-/m0/s1. The molecule has 0 radical (unpaired) electrons. The minimum absolute atomic E-state index is 0.213. The number of benzene rings is 1. The number of esters is 1. The number of halogens is 1. The van der Waals surface area contributed by atoms with Crippen molar-refractivity contribution in [2.45, 2.75) is 25.4 Å². The molecule has 31 heavy (non-hydrogen) atoms. The first-order valence-electron chi connectivity index (χ1n) is 9.89. The Labute approximate surface area is 191 Å². The molecule has 3 heterocycles. The second-order valence-corrected chi connectivity index (χ2v) is 8.05. The number of furan rings is 1. The molecular formula is C23H22ClN3O3S. The Morgan fingerprint density at radius 2 is 2.10 bits per heavy atom. The van der Waals surface area contributed by atoms with Crippen molar-refractivity contribution in [1.29, 1.82) is 0 Å². The van der Waals surface area contributed by atoms with Gasteiger partial charge in [0.25, 0.3) is 0 Å². The van der Waals surface area contributed by atoms with Crippen molar-refractivity contribution in [3.8, 4) is 11.3 Å². The number of pyridine rings is 1.